The number of aromatic nitrogens is 3. The number of anilines is 1. The van der Waals surface area contributed by atoms with E-state index in [4.69, 9.17) is 0 Å². The summed E-state index contributed by atoms with van der Waals surface area (Å²) in [7, 11) is 0. The lowest BCUT2D eigenvalue weighted by molar-refractivity contribution is 0.239. The van der Waals surface area contributed by atoms with Gasteiger partial charge < -0.3 is 10.4 Å². The highest BCUT2D eigenvalue weighted by Crippen LogP contribution is 2.30. The minimum Gasteiger partial charge on any atom is -0.396 e. The molecule has 0 aromatic carbocycles. The quantitative estimate of drug-likeness (QED) is 0.890. The molecule has 0 spiro atoms. The van der Waals surface area contributed by atoms with Crippen molar-refractivity contribution >= 4 is 21.4 Å². The van der Waals surface area contributed by atoms with Crippen LogP contribution >= 0.6 is 11.3 Å². The zero-order valence-electron chi connectivity index (χ0n) is 11.9. The predicted octanol–water partition coefficient (Wildman–Crippen LogP) is 2.84. The zero-order valence-corrected chi connectivity index (χ0v) is 12.7. The van der Waals surface area contributed by atoms with Gasteiger partial charge in [-0.2, -0.15) is 0 Å². The lowest BCUT2D eigenvalue weighted by Gasteiger charge is -2.30. The number of hydrogen-bond acceptors (Lipinski definition) is 5. The average Bonchev–Trinajstić information content (AvgIpc) is 2.96. The summed E-state index contributed by atoms with van der Waals surface area (Å²) < 4.78 is 1.83. The summed E-state index contributed by atoms with van der Waals surface area (Å²) in [6, 6.07) is 0.331. The Bertz CT molecular complexity index is 527. The normalized spacial score (nSPS) is 18.5. The average molecular weight is 294 g/mol. The first-order valence-corrected chi connectivity index (χ1v) is 8.28. The maximum atomic E-state index is 9.31. The van der Waals surface area contributed by atoms with E-state index >= 15 is 0 Å². The summed E-state index contributed by atoms with van der Waals surface area (Å²) in [5.41, 5.74) is 0.995. The van der Waals surface area contributed by atoms with E-state index in [0.717, 1.165) is 22.2 Å². The van der Waals surface area contributed by atoms with E-state index in [2.05, 4.69) is 15.4 Å². The van der Waals surface area contributed by atoms with E-state index in [9.17, 15) is 5.11 Å². The fraction of sp³-hybridized carbons (Fsp3) is 0.714. The fourth-order valence-electron chi connectivity index (χ4n) is 3.13. The van der Waals surface area contributed by atoms with Gasteiger partial charge >= 0.3 is 0 Å². The van der Waals surface area contributed by atoms with Gasteiger partial charge in [-0.1, -0.05) is 30.6 Å². The second-order valence-corrected chi connectivity index (χ2v) is 6.63. The molecule has 110 valence electrons. The Morgan fingerprint density at radius 1 is 1.45 bits per heavy atom. The van der Waals surface area contributed by atoms with Crippen LogP contribution < -0.4 is 5.32 Å². The predicted molar refractivity (Wildman–Crippen MR) is 81.3 cm³/mol. The van der Waals surface area contributed by atoms with E-state index < -0.39 is 0 Å². The number of hydrogen-bond donors (Lipinski definition) is 2. The van der Waals surface area contributed by atoms with Gasteiger partial charge in [0.05, 0.1) is 11.9 Å². The first kappa shape index (κ1) is 13.8. The van der Waals surface area contributed by atoms with Gasteiger partial charge in [0.2, 0.25) is 10.1 Å². The number of nitrogens with one attached hydrogen (secondary N) is 1. The van der Waals surface area contributed by atoms with Gasteiger partial charge in [0.25, 0.3) is 0 Å². The maximum Gasteiger partial charge on any atom is 0.214 e. The molecule has 2 aromatic rings. The van der Waals surface area contributed by atoms with Crippen LogP contribution in [0.4, 0.5) is 5.13 Å². The third-order valence-electron chi connectivity index (χ3n) is 4.13. The SMILES string of the molecule is Cc1cn2nc(N[C@@H](CCO)C3CCCCC3)sc2n1. The molecule has 1 aliphatic carbocycles. The number of aryl methyl sites for hydroxylation is 1. The Hall–Kier alpha value is -1.14. The van der Waals surface area contributed by atoms with Crippen molar-refractivity contribution in [3.05, 3.63) is 11.9 Å². The van der Waals surface area contributed by atoms with Crippen molar-refractivity contribution in [3.63, 3.8) is 0 Å². The van der Waals surface area contributed by atoms with Crippen molar-refractivity contribution in [1.29, 1.82) is 0 Å². The van der Waals surface area contributed by atoms with E-state index in [1.54, 1.807) is 11.3 Å². The molecule has 1 saturated carbocycles. The van der Waals surface area contributed by atoms with Crippen LogP contribution in [-0.2, 0) is 0 Å². The molecular weight excluding hydrogens is 272 g/mol. The van der Waals surface area contributed by atoms with Gasteiger partial charge in [-0.3, -0.25) is 0 Å². The van der Waals surface area contributed by atoms with E-state index in [1.807, 2.05) is 17.6 Å². The smallest absolute Gasteiger partial charge is 0.214 e. The highest BCUT2D eigenvalue weighted by Gasteiger charge is 2.24. The van der Waals surface area contributed by atoms with Crippen LogP contribution in [0.25, 0.3) is 4.96 Å². The van der Waals surface area contributed by atoms with Crippen molar-refractivity contribution in [2.24, 2.45) is 5.92 Å². The zero-order chi connectivity index (χ0) is 13.9. The number of aliphatic hydroxyl groups excluding tert-OH is 1. The Morgan fingerprint density at radius 3 is 2.95 bits per heavy atom. The number of fused-ring (bicyclic) bond motifs is 1. The van der Waals surface area contributed by atoms with Crippen molar-refractivity contribution in [3.8, 4) is 0 Å². The van der Waals surface area contributed by atoms with E-state index in [-0.39, 0.29) is 6.61 Å². The molecule has 2 N–H and O–H groups in total. The number of rotatable bonds is 5. The van der Waals surface area contributed by atoms with Gasteiger partial charge in [0.1, 0.15) is 0 Å². The van der Waals surface area contributed by atoms with Crippen molar-refractivity contribution < 1.29 is 5.11 Å². The molecule has 1 aliphatic rings. The van der Waals surface area contributed by atoms with Gasteiger partial charge in [-0.15, -0.1) is 5.10 Å². The fourth-order valence-corrected chi connectivity index (χ4v) is 4.02. The largest absolute Gasteiger partial charge is 0.396 e. The highest BCUT2D eigenvalue weighted by molar-refractivity contribution is 7.20. The molecule has 0 amide bonds. The molecule has 6 heteroatoms. The Morgan fingerprint density at radius 2 is 2.25 bits per heavy atom. The van der Waals surface area contributed by atoms with E-state index in [1.165, 1.54) is 32.1 Å². The Labute approximate surface area is 123 Å². The lowest BCUT2D eigenvalue weighted by atomic mass is 9.83. The summed E-state index contributed by atoms with van der Waals surface area (Å²) in [6.45, 7) is 2.21. The molecule has 1 fully saturated rings. The summed E-state index contributed by atoms with van der Waals surface area (Å²) in [4.78, 5) is 5.36. The first-order valence-electron chi connectivity index (χ1n) is 7.46. The minimum absolute atomic E-state index is 0.232. The third-order valence-corrected chi connectivity index (χ3v) is 4.99. The van der Waals surface area contributed by atoms with Crippen molar-refractivity contribution in [2.45, 2.75) is 51.5 Å². The standard InChI is InChI=1S/C14H22N4OS/c1-10-9-18-14(15-10)20-13(17-18)16-12(7-8-19)11-5-3-2-4-6-11/h9,11-12,19H,2-8H2,1H3,(H,16,17)/t12-/m0/s1. The topological polar surface area (TPSA) is 62.5 Å². The van der Waals surface area contributed by atoms with Gasteiger partial charge in [-0.25, -0.2) is 9.50 Å². The molecular formula is C14H22N4OS. The summed E-state index contributed by atoms with van der Waals surface area (Å²) in [5, 5.41) is 18.3. The molecule has 20 heavy (non-hydrogen) atoms. The molecule has 0 bridgehead atoms. The third kappa shape index (κ3) is 2.96. The molecule has 2 heterocycles. The molecule has 3 rings (SSSR count). The Kier molecular flexibility index (Phi) is 4.21. The van der Waals surface area contributed by atoms with Gasteiger partial charge in [0.15, 0.2) is 0 Å². The molecule has 0 aliphatic heterocycles. The first-order chi connectivity index (χ1) is 9.76. The van der Waals surface area contributed by atoms with E-state index in [0.29, 0.717) is 12.0 Å². The number of nitrogens with zero attached hydrogens (tertiary/aromatic N) is 3. The molecule has 2 aromatic heterocycles. The van der Waals surface area contributed by atoms with Crippen LogP contribution in [-0.4, -0.2) is 32.4 Å². The van der Waals surface area contributed by atoms with Crippen molar-refractivity contribution in [2.75, 3.05) is 11.9 Å². The van der Waals surface area contributed by atoms with Crippen LogP contribution in [0.5, 0.6) is 0 Å². The summed E-state index contributed by atoms with van der Waals surface area (Å²) >= 11 is 1.58. The second kappa shape index (κ2) is 6.10. The minimum atomic E-state index is 0.232. The molecule has 1 atom stereocenters. The van der Waals surface area contributed by atoms with Crippen molar-refractivity contribution in [1.82, 2.24) is 14.6 Å². The molecule has 0 unspecified atom stereocenters. The number of aliphatic hydroxyl groups is 1. The summed E-state index contributed by atoms with van der Waals surface area (Å²) in [5.74, 6) is 0.661. The van der Waals surface area contributed by atoms with Crippen LogP contribution in [0.1, 0.15) is 44.2 Å². The number of imidazole rings is 1. The molecule has 0 saturated heterocycles. The van der Waals surface area contributed by atoms with Crippen LogP contribution in [0.3, 0.4) is 0 Å². The van der Waals surface area contributed by atoms with Crippen LogP contribution in [0.15, 0.2) is 6.20 Å². The maximum absolute atomic E-state index is 9.31. The van der Waals surface area contributed by atoms with Crippen LogP contribution in [0, 0.1) is 12.8 Å². The highest BCUT2D eigenvalue weighted by atomic mass is 32.1. The Balaban J connectivity index is 1.72. The lowest BCUT2D eigenvalue weighted by Crippen LogP contribution is -2.31. The molecule has 5 nitrogen and oxygen atoms in total. The summed E-state index contributed by atoms with van der Waals surface area (Å²) in [6.07, 6.45) is 9.25. The van der Waals surface area contributed by atoms with Crippen LogP contribution in [0.2, 0.25) is 0 Å². The second-order valence-electron chi connectivity index (χ2n) is 5.68. The van der Waals surface area contributed by atoms with Gasteiger partial charge in [-0.05, 0) is 32.1 Å². The monoisotopic (exact) mass is 294 g/mol. The molecule has 0 radical (unpaired) electrons. The van der Waals surface area contributed by atoms with Gasteiger partial charge in [0, 0.05) is 12.6 Å².